The average molecular weight is 463 g/mol. The van der Waals surface area contributed by atoms with Gasteiger partial charge in [0.2, 0.25) is 5.91 Å². The molecule has 1 aromatic rings. The van der Waals surface area contributed by atoms with E-state index in [2.05, 4.69) is 32.6 Å². The van der Waals surface area contributed by atoms with Gasteiger partial charge in [-0.25, -0.2) is 4.79 Å². The van der Waals surface area contributed by atoms with Crippen LogP contribution in [0.25, 0.3) is 0 Å². The van der Waals surface area contributed by atoms with Crippen LogP contribution in [0.4, 0.5) is 4.79 Å². The number of benzene rings is 1. The Labute approximate surface area is 179 Å². The quantitative estimate of drug-likeness (QED) is 0.636. The largest absolute Gasteiger partial charge is 0.465 e. The van der Waals surface area contributed by atoms with Crippen molar-refractivity contribution in [1.82, 2.24) is 15.5 Å². The molecule has 2 aliphatic rings. The second-order valence-corrected chi connectivity index (χ2v) is 9.46. The second-order valence-electron chi connectivity index (χ2n) is 8.55. The Kier molecular flexibility index (Phi) is 5.67. The molecule has 29 heavy (non-hydrogen) atoms. The lowest BCUT2D eigenvalue weighted by atomic mass is 9.70. The number of likely N-dealkylation sites (tertiary alicyclic amines) is 1. The van der Waals surface area contributed by atoms with Gasteiger partial charge in [0.05, 0.1) is 17.2 Å². The molecule has 3 rings (SSSR count). The smallest absolute Gasteiger partial charge is 0.408 e. The van der Waals surface area contributed by atoms with Gasteiger partial charge >= 0.3 is 6.09 Å². The molecule has 3 N–H and O–H groups in total. The number of amides is 2. The second kappa shape index (κ2) is 7.62. The molecule has 2 aliphatic heterocycles. The van der Waals surface area contributed by atoms with Crippen LogP contribution in [0.3, 0.4) is 0 Å². The molecule has 0 spiro atoms. The molecule has 0 bridgehead atoms. The summed E-state index contributed by atoms with van der Waals surface area (Å²) in [6.07, 6.45) is 0.552. The summed E-state index contributed by atoms with van der Waals surface area (Å²) >= 11 is 3.40. The maximum absolute atomic E-state index is 13.8. The lowest BCUT2D eigenvalue weighted by Crippen LogP contribution is -2.65. The molecule has 0 radical (unpaired) electrons. The van der Waals surface area contributed by atoms with Crippen molar-refractivity contribution in [3.05, 3.63) is 33.8 Å². The fourth-order valence-electron chi connectivity index (χ4n) is 5.12. The summed E-state index contributed by atoms with van der Waals surface area (Å²) in [6.45, 7) is 7.30. The van der Waals surface area contributed by atoms with Gasteiger partial charge in [-0.15, -0.1) is 0 Å². The molecule has 2 amide bonds. The van der Waals surface area contributed by atoms with Crippen LogP contribution in [0.1, 0.15) is 51.2 Å². The Balaban J connectivity index is 2.07. The summed E-state index contributed by atoms with van der Waals surface area (Å²) in [7, 11) is 0. The maximum atomic E-state index is 13.8. The SMILES string of the molecule is CC[C@]1(C(=O)N[C@]2(c3ccc(Br)cc3C#N)CCNC2)N(C(=O)O)CCC1(C)C. The Morgan fingerprint density at radius 2 is 2.10 bits per heavy atom. The first kappa shape index (κ1) is 21.6. The van der Waals surface area contributed by atoms with Gasteiger partial charge in [0.1, 0.15) is 5.54 Å². The summed E-state index contributed by atoms with van der Waals surface area (Å²) in [4.78, 5) is 27.1. The third-order valence-electron chi connectivity index (χ3n) is 6.78. The van der Waals surface area contributed by atoms with Gasteiger partial charge in [-0.1, -0.05) is 42.8 Å². The molecular formula is C21H27BrN4O3. The van der Waals surface area contributed by atoms with Gasteiger partial charge < -0.3 is 15.7 Å². The number of carbonyl (C=O) groups is 2. The van der Waals surface area contributed by atoms with Crippen LogP contribution >= 0.6 is 15.9 Å². The molecular weight excluding hydrogens is 436 g/mol. The van der Waals surface area contributed by atoms with Crippen LogP contribution in [-0.2, 0) is 10.3 Å². The molecule has 2 saturated heterocycles. The standard InChI is InChI=1S/C21H27BrN4O3/c1-4-21(19(2,3)8-10-26(21)18(28)29)17(27)25-20(7-9-24-13-20)16-6-5-15(22)11-14(16)12-23/h5-6,11,24H,4,7-10,13H2,1-3H3,(H,25,27)(H,28,29)/t20-,21-/m1/s1. The highest BCUT2D eigenvalue weighted by Gasteiger charge is 2.61. The van der Waals surface area contributed by atoms with Gasteiger partial charge in [0, 0.05) is 17.6 Å². The Morgan fingerprint density at radius 3 is 2.66 bits per heavy atom. The van der Waals surface area contributed by atoms with E-state index in [0.29, 0.717) is 44.5 Å². The number of carbonyl (C=O) groups excluding carboxylic acids is 1. The fourth-order valence-corrected chi connectivity index (χ4v) is 5.48. The van der Waals surface area contributed by atoms with Gasteiger partial charge in [0.15, 0.2) is 0 Å². The summed E-state index contributed by atoms with van der Waals surface area (Å²) in [5.74, 6) is -0.291. The number of nitrogens with zero attached hydrogens (tertiary/aromatic N) is 2. The average Bonchev–Trinajstić information content (AvgIpc) is 3.23. The molecule has 7 nitrogen and oxygen atoms in total. The normalized spacial score (nSPS) is 28.2. The van der Waals surface area contributed by atoms with Crippen molar-refractivity contribution < 1.29 is 14.7 Å². The van der Waals surface area contributed by atoms with E-state index < -0.39 is 22.6 Å². The van der Waals surface area contributed by atoms with Crippen LogP contribution in [-0.4, -0.2) is 47.2 Å². The molecule has 1 aromatic carbocycles. The Hall–Kier alpha value is -2.11. The predicted octanol–water partition coefficient (Wildman–Crippen LogP) is 3.18. The highest BCUT2D eigenvalue weighted by molar-refractivity contribution is 9.10. The number of hydrogen-bond acceptors (Lipinski definition) is 4. The molecule has 0 saturated carbocycles. The molecule has 8 heteroatoms. The lowest BCUT2D eigenvalue weighted by Gasteiger charge is -2.45. The minimum absolute atomic E-state index is 0.291. The first-order valence-electron chi connectivity index (χ1n) is 9.87. The van der Waals surface area contributed by atoms with E-state index in [0.717, 1.165) is 10.0 Å². The fraction of sp³-hybridized carbons (Fsp3) is 0.571. The minimum atomic E-state index is -1.16. The van der Waals surface area contributed by atoms with Crippen molar-refractivity contribution in [3.63, 3.8) is 0 Å². The van der Waals surface area contributed by atoms with Crippen molar-refractivity contribution >= 4 is 27.9 Å². The summed E-state index contributed by atoms with van der Waals surface area (Å²) < 4.78 is 0.796. The van der Waals surface area contributed by atoms with Gasteiger partial charge in [-0.05, 0) is 48.9 Å². The monoisotopic (exact) mass is 462 g/mol. The first-order chi connectivity index (χ1) is 13.6. The van der Waals surface area contributed by atoms with Crippen LogP contribution < -0.4 is 10.6 Å². The highest BCUT2D eigenvalue weighted by Crippen LogP contribution is 2.48. The van der Waals surface area contributed by atoms with Crippen LogP contribution in [0.15, 0.2) is 22.7 Å². The number of hydrogen-bond donors (Lipinski definition) is 3. The maximum Gasteiger partial charge on any atom is 0.408 e. The summed E-state index contributed by atoms with van der Waals surface area (Å²) in [5.41, 5.74) is -1.17. The van der Waals surface area contributed by atoms with Crippen molar-refractivity contribution in [3.8, 4) is 6.07 Å². The number of carboxylic acid groups (broad SMARTS) is 1. The minimum Gasteiger partial charge on any atom is -0.465 e. The van der Waals surface area contributed by atoms with Crippen molar-refractivity contribution in [2.24, 2.45) is 5.41 Å². The van der Waals surface area contributed by atoms with Crippen molar-refractivity contribution in [1.29, 1.82) is 5.26 Å². The van der Waals surface area contributed by atoms with E-state index in [4.69, 9.17) is 0 Å². The van der Waals surface area contributed by atoms with Crippen LogP contribution in [0.5, 0.6) is 0 Å². The zero-order valence-electron chi connectivity index (χ0n) is 17.0. The van der Waals surface area contributed by atoms with E-state index in [9.17, 15) is 20.0 Å². The van der Waals surface area contributed by atoms with Gasteiger partial charge in [-0.3, -0.25) is 9.69 Å². The lowest BCUT2D eigenvalue weighted by molar-refractivity contribution is -0.138. The topological polar surface area (TPSA) is 105 Å². The molecule has 0 unspecified atom stereocenters. The number of nitrogens with one attached hydrogen (secondary N) is 2. The van der Waals surface area contributed by atoms with Gasteiger partial charge in [0.25, 0.3) is 0 Å². The van der Waals surface area contributed by atoms with E-state index in [-0.39, 0.29) is 5.91 Å². The molecule has 2 atom stereocenters. The van der Waals surface area contributed by atoms with E-state index in [1.165, 1.54) is 4.90 Å². The molecule has 0 aromatic heterocycles. The first-order valence-corrected chi connectivity index (χ1v) is 10.7. The zero-order valence-corrected chi connectivity index (χ0v) is 18.6. The number of halogens is 1. The van der Waals surface area contributed by atoms with E-state index >= 15 is 0 Å². The molecule has 156 valence electrons. The summed E-state index contributed by atoms with van der Waals surface area (Å²) in [6, 6.07) is 7.71. The number of rotatable bonds is 4. The predicted molar refractivity (Wildman–Crippen MR) is 112 cm³/mol. The zero-order chi connectivity index (χ0) is 21.4. The third-order valence-corrected chi connectivity index (χ3v) is 7.28. The van der Waals surface area contributed by atoms with E-state index in [1.54, 1.807) is 6.07 Å². The Morgan fingerprint density at radius 1 is 1.38 bits per heavy atom. The van der Waals surface area contributed by atoms with Crippen LogP contribution in [0.2, 0.25) is 0 Å². The van der Waals surface area contributed by atoms with E-state index in [1.807, 2.05) is 32.9 Å². The van der Waals surface area contributed by atoms with Crippen molar-refractivity contribution in [2.75, 3.05) is 19.6 Å². The van der Waals surface area contributed by atoms with Crippen molar-refractivity contribution in [2.45, 2.75) is 51.1 Å². The molecule has 2 heterocycles. The Bertz CT molecular complexity index is 873. The van der Waals surface area contributed by atoms with Gasteiger partial charge in [-0.2, -0.15) is 5.26 Å². The number of nitriles is 1. The van der Waals surface area contributed by atoms with Crippen LogP contribution in [0, 0.1) is 16.7 Å². The molecule has 0 aliphatic carbocycles. The highest BCUT2D eigenvalue weighted by atomic mass is 79.9. The summed E-state index contributed by atoms with van der Waals surface area (Å²) in [5, 5.41) is 26.0. The molecule has 2 fully saturated rings. The third kappa shape index (κ3) is 3.30.